The molecule has 3 rings (SSSR count). The monoisotopic (exact) mass is 394 g/mol. The van der Waals surface area contributed by atoms with Crippen LogP contribution in [0.5, 0.6) is 5.75 Å². The Labute approximate surface area is 170 Å². The predicted octanol–water partition coefficient (Wildman–Crippen LogP) is 3.98. The summed E-state index contributed by atoms with van der Waals surface area (Å²) in [5.41, 5.74) is 2.93. The van der Waals surface area contributed by atoms with Gasteiger partial charge in [0.15, 0.2) is 12.4 Å². The molecule has 1 atom stereocenters. The van der Waals surface area contributed by atoms with Crippen LogP contribution in [0.25, 0.3) is 0 Å². The van der Waals surface area contributed by atoms with Crippen molar-refractivity contribution in [3.63, 3.8) is 0 Å². The maximum Gasteiger partial charge on any atom is 0.265 e. The third kappa shape index (κ3) is 4.65. The second-order valence-corrected chi connectivity index (χ2v) is 7.30. The van der Waals surface area contributed by atoms with E-state index in [2.05, 4.69) is 5.32 Å². The summed E-state index contributed by atoms with van der Waals surface area (Å²) in [6.45, 7) is 5.20. The van der Waals surface area contributed by atoms with E-state index in [-0.39, 0.29) is 30.2 Å². The van der Waals surface area contributed by atoms with E-state index >= 15 is 0 Å². The molecule has 0 saturated carbocycles. The lowest BCUT2D eigenvalue weighted by Crippen LogP contribution is -2.39. The quantitative estimate of drug-likeness (QED) is 0.721. The number of hydrogen-bond donors (Lipinski definition) is 1. The van der Waals surface area contributed by atoms with Gasteiger partial charge in [-0.25, -0.2) is 0 Å². The van der Waals surface area contributed by atoms with E-state index < -0.39 is 0 Å². The molecule has 1 heterocycles. The Morgan fingerprint density at radius 1 is 1.17 bits per heavy atom. The first-order chi connectivity index (χ1) is 13.9. The smallest absolute Gasteiger partial charge is 0.265 e. The summed E-state index contributed by atoms with van der Waals surface area (Å²) >= 11 is 0. The van der Waals surface area contributed by atoms with E-state index in [1.165, 1.54) is 6.92 Å². The molecule has 1 aliphatic rings. The van der Waals surface area contributed by atoms with E-state index in [4.69, 9.17) is 4.74 Å². The predicted molar refractivity (Wildman–Crippen MR) is 113 cm³/mol. The zero-order valence-electron chi connectivity index (χ0n) is 17.0. The second kappa shape index (κ2) is 8.90. The SMILES string of the molecule is CCCC(=O)Nc1ccc(OCC(=O)N2c3ccccc3CC2C)c(C(C)=O)c1. The molecule has 0 bridgehead atoms. The second-order valence-electron chi connectivity index (χ2n) is 7.30. The van der Waals surface area contributed by atoms with Crippen LogP contribution in [0.3, 0.4) is 0 Å². The molecule has 6 nitrogen and oxygen atoms in total. The van der Waals surface area contributed by atoms with E-state index in [1.807, 2.05) is 38.1 Å². The summed E-state index contributed by atoms with van der Waals surface area (Å²) in [7, 11) is 0. The minimum absolute atomic E-state index is 0.0620. The summed E-state index contributed by atoms with van der Waals surface area (Å²) < 4.78 is 5.72. The summed E-state index contributed by atoms with van der Waals surface area (Å²) in [5.74, 6) is -0.122. The van der Waals surface area contributed by atoms with Crippen molar-refractivity contribution in [2.45, 2.75) is 46.1 Å². The Balaban J connectivity index is 1.72. The maximum atomic E-state index is 12.8. The standard InChI is InChI=1S/C23H26N2O4/c1-4-7-22(27)24-18-10-11-21(19(13-18)16(3)26)29-14-23(28)25-15(2)12-17-8-5-6-9-20(17)25/h5-6,8-11,13,15H,4,7,12,14H2,1-3H3,(H,24,27). The molecule has 29 heavy (non-hydrogen) atoms. The van der Waals surface area contributed by atoms with Gasteiger partial charge in [-0.2, -0.15) is 0 Å². The van der Waals surface area contributed by atoms with Crippen molar-refractivity contribution in [2.75, 3.05) is 16.8 Å². The van der Waals surface area contributed by atoms with Crippen molar-refractivity contribution in [3.8, 4) is 5.75 Å². The maximum absolute atomic E-state index is 12.8. The summed E-state index contributed by atoms with van der Waals surface area (Å²) in [5, 5.41) is 2.77. The molecule has 2 amide bonds. The normalized spacial score (nSPS) is 15.0. The van der Waals surface area contributed by atoms with Crippen LogP contribution in [0, 0.1) is 0 Å². The number of anilines is 2. The Hall–Kier alpha value is -3.15. The molecule has 152 valence electrons. The zero-order chi connectivity index (χ0) is 21.0. The Morgan fingerprint density at radius 3 is 2.66 bits per heavy atom. The molecule has 0 aliphatic carbocycles. The van der Waals surface area contributed by atoms with Crippen LogP contribution in [-0.4, -0.2) is 30.2 Å². The number of amides is 2. The lowest BCUT2D eigenvalue weighted by Gasteiger charge is -2.23. The van der Waals surface area contributed by atoms with E-state index in [9.17, 15) is 14.4 Å². The molecular weight excluding hydrogens is 368 g/mol. The molecule has 2 aromatic rings. The van der Waals surface area contributed by atoms with Gasteiger partial charge in [0.2, 0.25) is 5.91 Å². The van der Waals surface area contributed by atoms with Crippen LogP contribution in [0.15, 0.2) is 42.5 Å². The van der Waals surface area contributed by atoms with Gasteiger partial charge < -0.3 is 15.0 Å². The van der Waals surface area contributed by atoms with Crippen LogP contribution in [0.4, 0.5) is 11.4 Å². The molecule has 0 aromatic heterocycles. The van der Waals surface area contributed by atoms with Crippen molar-refractivity contribution < 1.29 is 19.1 Å². The molecule has 1 unspecified atom stereocenters. The molecule has 6 heteroatoms. The lowest BCUT2D eigenvalue weighted by molar-refractivity contribution is -0.121. The number of ketones is 1. The highest BCUT2D eigenvalue weighted by Crippen LogP contribution is 2.32. The van der Waals surface area contributed by atoms with Gasteiger partial charge in [-0.1, -0.05) is 25.1 Å². The fraction of sp³-hybridized carbons (Fsp3) is 0.348. The minimum atomic E-state index is -0.195. The van der Waals surface area contributed by atoms with Crippen molar-refractivity contribution in [3.05, 3.63) is 53.6 Å². The van der Waals surface area contributed by atoms with Crippen LogP contribution in [-0.2, 0) is 16.0 Å². The Kier molecular flexibility index (Phi) is 6.32. The van der Waals surface area contributed by atoms with Crippen molar-refractivity contribution >= 4 is 29.0 Å². The molecule has 1 N–H and O–H groups in total. The number of nitrogens with zero attached hydrogens (tertiary/aromatic N) is 1. The number of Topliss-reactive ketones (excluding diaryl/α,β-unsaturated/α-hetero) is 1. The number of carbonyl (C=O) groups excluding carboxylic acids is 3. The average molecular weight is 394 g/mol. The van der Waals surface area contributed by atoms with Gasteiger partial charge in [0.1, 0.15) is 5.75 Å². The zero-order valence-corrected chi connectivity index (χ0v) is 17.0. The number of nitrogens with one attached hydrogen (secondary N) is 1. The largest absolute Gasteiger partial charge is 0.483 e. The number of para-hydroxylation sites is 1. The van der Waals surface area contributed by atoms with Crippen molar-refractivity contribution in [1.82, 2.24) is 0 Å². The number of rotatable bonds is 7. The molecular formula is C23H26N2O4. The summed E-state index contributed by atoms with van der Waals surface area (Å²) in [4.78, 5) is 38.4. The van der Waals surface area contributed by atoms with Crippen molar-refractivity contribution in [1.29, 1.82) is 0 Å². The highest BCUT2D eigenvalue weighted by molar-refractivity contribution is 6.00. The van der Waals surface area contributed by atoms with Crippen LogP contribution in [0.2, 0.25) is 0 Å². The highest BCUT2D eigenvalue weighted by atomic mass is 16.5. The average Bonchev–Trinajstić information content (AvgIpc) is 3.02. The van der Waals surface area contributed by atoms with Gasteiger partial charge >= 0.3 is 0 Å². The first-order valence-corrected chi connectivity index (χ1v) is 9.88. The molecule has 0 spiro atoms. The first-order valence-electron chi connectivity index (χ1n) is 9.88. The third-order valence-electron chi connectivity index (χ3n) is 4.95. The van der Waals surface area contributed by atoms with Gasteiger partial charge in [-0.15, -0.1) is 0 Å². The van der Waals surface area contributed by atoms with Crippen LogP contribution in [0.1, 0.15) is 49.5 Å². The number of ether oxygens (including phenoxy) is 1. The molecule has 1 aliphatic heterocycles. The van der Waals surface area contributed by atoms with Gasteiger partial charge in [-0.05, 0) is 56.5 Å². The minimum Gasteiger partial charge on any atom is -0.483 e. The first kappa shape index (κ1) is 20.6. The molecule has 0 fully saturated rings. The van der Waals surface area contributed by atoms with E-state index in [0.29, 0.717) is 23.4 Å². The number of hydrogen-bond acceptors (Lipinski definition) is 4. The number of carbonyl (C=O) groups is 3. The molecule has 2 aromatic carbocycles. The van der Waals surface area contributed by atoms with Gasteiger partial charge in [-0.3, -0.25) is 14.4 Å². The number of benzene rings is 2. The van der Waals surface area contributed by atoms with E-state index in [1.54, 1.807) is 23.1 Å². The van der Waals surface area contributed by atoms with Gasteiger partial charge in [0.25, 0.3) is 5.91 Å². The van der Waals surface area contributed by atoms with Gasteiger partial charge in [0.05, 0.1) is 5.56 Å². The molecule has 0 radical (unpaired) electrons. The Bertz CT molecular complexity index is 938. The van der Waals surface area contributed by atoms with Crippen molar-refractivity contribution in [2.24, 2.45) is 0 Å². The molecule has 0 saturated heterocycles. The van der Waals surface area contributed by atoms with E-state index in [0.717, 1.165) is 24.1 Å². The van der Waals surface area contributed by atoms with Gasteiger partial charge in [0, 0.05) is 23.8 Å². The lowest BCUT2D eigenvalue weighted by atomic mass is 10.1. The summed E-state index contributed by atoms with van der Waals surface area (Å²) in [6, 6.07) is 12.8. The Morgan fingerprint density at radius 2 is 1.93 bits per heavy atom. The van der Waals surface area contributed by atoms with Crippen LogP contribution < -0.4 is 15.0 Å². The topological polar surface area (TPSA) is 75.7 Å². The fourth-order valence-electron chi connectivity index (χ4n) is 3.61. The third-order valence-corrected chi connectivity index (χ3v) is 4.95. The highest BCUT2D eigenvalue weighted by Gasteiger charge is 2.30. The van der Waals surface area contributed by atoms with Crippen LogP contribution >= 0.6 is 0 Å². The fourth-order valence-corrected chi connectivity index (χ4v) is 3.61. The number of fused-ring (bicyclic) bond motifs is 1. The summed E-state index contributed by atoms with van der Waals surface area (Å²) in [6.07, 6.45) is 1.97.